The Morgan fingerprint density at radius 1 is 1.22 bits per heavy atom. The van der Waals surface area contributed by atoms with Gasteiger partial charge in [-0.3, -0.25) is 0 Å². The Balaban J connectivity index is 4.14. The van der Waals surface area contributed by atoms with Gasteiger partial charge in [-0.1, -0.05) is 27.2 Å². The Morgan fingerprint density at radius 3 is 2.28 bits per heavy atom. The first-order chi connectivity index (χ1) is 8.52. The molecule has 18 heavy (non-hydrogen) atoms. The van der Waals surface area contributed by atoms with Crippen LogP contribution in [0.25, 0.3) is 0 Å². The molecule has 0 aromatic rings. The van der Waals surface area contributed by atoms with Crippen molar-refractivity contribution in [2.24, 2.45) is 5.73 Å². The fraction of sp³-hybridized carbons (Fsp3) is 0.933. The summed E-state index contributed by atoms with van der Waals surface area (Å²) < 4.78 is 0. The molecule has 0 radical (unpaired) electrons. The number of nitriles is 1. The highest BCUT2D eigenvalue weighted by molar-refractivity contribution is 5.03. The van der Waals surface area contributed by atoms with Crippen LogP contribution in [0, 0.1) is 11.3 Å². The maximum Gasteiger partial charge on any atom is 0.104 e. The highest BCUT2D eigenvalue weighted by Crippen LogP contribution is 2.15. The maximum atomic E-state index is 9.06. The lowest BCUT2D eigenvalue weighted by atomic mass is 9.93. The Labute approximate surface area is 113 Å². The minimum absolute atomic E-state index is 0.619. The number of hydrogen-bond donors (Lipinski definition) is 1. The van der Waals surface area contributed by atoms with E-state index in [-0.39, 0.29) is 0 Å². The summed E-state index contributed by atoms with van der Waals surface area (Å²) in [7, 11) is 0. The summed E-state index contributed by atoms with van der Waals surface area (Å²) in [5.41, 5.74) is 5.39. The predicted octanol–water partition coefficient (Wildman–Crippen LogP) is 3.30. The molecule has 0 aliphatic rings. The van der Waals surface area contributed by atoms with E-state index >= 15 is 0 Å². The largest absolute Gasteiger partial charge is 0.313 e. The summed E-state index contributed by atoms with van der Waals surface area (Å²) >= 11 is 0. The number of rotatable bonds is 10. The number of unbranched alkanes of at least 4 members (excludes halogenated alkanes) is 1. The molecule has 0 aliphatic carbocycles. The average Bonchev–Trinajstić information content (AvgIpc) is 2.41. The fourth-order valence-corrected chi connectivity index (χ4v) is 2.08. The van der Waals surface area contributed by atoms with E-state index in [1.807, 2.05) is 6.92 Å². The first kappa shape index (κ1) is 17.4. The van der Waals surface area contributed by atoms with E-state index < -0.39 is 5.54 Å². The third-order valence-electron chi connectivity index (χ3n) is 3.93. The minimum atomic E-state index is -0.619. The zero-order valence-corrected chi connectivity index (χ0v) is 12.7. The Morgan fingerprint density at radius 2 is 1.83 bits per heavy atom. The molecule has 0 rings (SSSR count). The fourth-order valence-electron chi connectivity index (χ4n) is 2.08. The van der Waals surface area contributed by atoms with Gasteiger partial charge in [-0.05, 0) is 52.1 Å². The van der Waals surface area contributed by atoms with Gasteiger partial charge in [0.2, 0.25) is 0 Å². The van der Waals surface area contributed by atoms with Crippen molar-refractivity contribution in [3.8, 4) is 6.07 Å². The first-order valence-electron chi connectivity index (χ1n) is 7.47. The molecule has 0 fully saturated rings. The Kier molecular flexibility index (Phi) is 9.05. The maximum absolute atomic E-state index is 9.06. The van der Waals surface area contributed by atoms with Crippen molar-refractivity contribution in [2.75, 3.05) is 13.1 Å². The summed E-state index contributed by atoms with van der Waals surface area (Å²) in [4.78, 5) is 2.54. The SMILES string of the molecule is CCCCN(CCCC(N)(C#N)CC)C(C)CC. The van der Waals surface area contributed by atoms with E-state index in [4.69, 9.17) is 11.0 Å². The molecule has 2 atom stereocenters. The van der Waals surface area contributed by atoms with Crippen LogP contribution >= 0.6 is 0 Å². The molecular formula is C15H31N3. The van der Waals surface area contributed by atoms with E-state index in [1.54, 1.807) is 0 Å². The first-order valence-corrected chi connectivity index (χ1v) is 7.47. The van der Waals surface area contributed by atoms with Crippen LogP contribution in [0.15, 0.2) is 0 Å². The van der Waals surface area contributed by atoms with Crippen LogP contribution in [0.1, 0.15) is 66.2 Å². The van der Waals surface area contributed by atoms with Crippen LogP contribution in [0.4, 0.5) is 0 Å². The zero-order valence-electron chi connectivity index (χ0n) is 12.7. The zero-order chi connectivity index (χ0) is 14.0. The van der Waals surface area contributed by atoms with Crippen molar-refractivity contribution in [1.82, 2.24) is 4.90 Å². The van der Waals surface area contributed by atoms with Crippen LogP contribution in [-0.2, 0) is 0 Å². The van der Waals surface area contributed by atoms with Crippen molar-refractivity contribution in [2.45, 2.75) is 77.8 Å². The average molecular weight is 253 g/mol. The van der Waals surface area contributed by atoms with Crippen molar-refractivity contribution in [3.63, 3.8) is 0 Å². The van der Waals surface area contributed by atoms with Crippen LogP contribution in [0.2, 0.25) is 0 Å². The van der Waals surface area contributed by atoms with Crippen molar-refractivity contribution in [1.29, 1.82) is 5.26 Å². The van der Waals surface area contributed by atoms with Gasteiger partial charge in [0.1, 0.15) is 5.54 Å². The molecule has 0 aromatic carbocycles. The van der Waals surface area contributed by atoms with Gasteiger partial charge >= 0.3 is 0 Å². The highest BCUT2D eigenvalue weighted by Gasteiger charge is 2.22. The molecule has 0 saturated carbocycles. The van der Waals surface area contributed by atoms with Crippen LogP contribution in [-0.4, -0.2) is 29.6 Å². The lowest BCUT2D eigenvalue weighted by molar-refractivity contribution is 0.193. The molecule has 2 N–H and O–H groups in total. The summed E-state index contributed by atoms with van der Waals surface area (Å²) in [5.74, 6) is 0. The third-order valence-corrected chi connectivity index (χ3v) is 3.93. The molecule has 106 valence electrons. The van der Waals surface area contributed by atoms with Crippen LogP contribution < -0.4 is 5.73 Å². The quantitative estimate of drug-likeness (QED) is 0.650. The lowest BCUT2D eigenvalue weighted by Gasteiger charge is -2.29. The number of hydrogen-bond acceptors (Lipinski definition) is 3. The van der Waals surface area contributed by atoms with Gasteiger partial charge in [0.25, 0.3) is 0 Å². The van der Waals surface area contributed by atoms with Gasteiger partial charge in [0.05, 0.1) is 6.07 Å². The number of nitrogens with zero attached hydrogens (tertiary/aromatic N) is 2. The van der Waals surface area contributed by atoms with E-state index in [0.717, 1.165) is 25.8 Å². The summed E-state index contributed by atoms with van der Waals surface area (Å²) in [5, 5.41) is 9.06. The van der Waals surface area contributed by atoms with Gasteiger partial charge in [0, 0.05) is 6.04 Å². The molecule has 0 saturated heterocycles. The Hall–Kier alpha value is -0.590. The lowest BCUT2D eigenvalue weighted by Crippen LogP contribution is -2.39. The molecule has 0 aromatic heterocycles. The second-order valence-corrected chi connectivity index (χ2v) is 5.37. The van der Waals surface area contributed by atoms with E-state index in [1.165, 1.54) is 25.8 Å². The molecular weight excluding hydrogens is 222 g/mol. The standard InChI is InChI=1S/C15H31N3/c1-5-8-11-18(14(4)6-2)12-9-10-15(17,7-3)13-16/h14H,5-12,17H2,1-4H3. The Bertz CT molecular complexity index is 247. The van der Waals surface area contributed by atoms with Crippen LogP contribution in [0.5, 0.6) is 0 Å². The second kappa shape index (κ2) is 9.35. The molecule has 0 amide bonds. The van der Waals surface area contributed by atoms with Gasteiger partial charge in [-0.2, -0.15) is 5.26 Å². The molecule has 2 unspecified atom stereocenters. The smallest absolute Gasteiger partial charge is 0.104 e. The number of nitrogens with two attached hydrogens (primary N) is 1. The summed E-state index contributed by atoms with van der Waals surface area (Å²) in [6.45, 7) is 11.0. The third kappa shape index (κ3) is 6.37. The van der Waals surface area contributed by atoms with Crippen molar-refractivity contribution < 1.29 is 0 Å². The molecule has 0 aliphatic heterocycles. The van der Waals surface area contributed by atoms with Gasteiger partial charge in [-0.15, -0.1) is 0 Å². The normalized spacial score (nSPS) is 16.3. The van der Waals surface area contributed by atoms with Gasteiger partial charge in [0.15, 0.2) is 0 Å². The highest BCUT2D eigenvalue weighted by atomic mass is 15.1. The van der Waals surface area contributed by atoms with Crippen molar-refractivity contribution in [3.05, 3.63) is 0 Å². The summed E-state index contributed by atoms with van der Waals surface area (Å²) in [6.07, 6.45) is 6.24. The minimum Gasteiger partial charge on any atom is -0.313 e. The van der Waals surface area contributed by atoms with Gasteiger partial charge in [-0.25, -0.2) is 0 Å². The van der Waals surface area contributed by atoms with Gasteiger partial charge < -0.3 is 10.6 Å². The van der Waals surface area contributed by atoms with E-state index in [0.29, 0.717) is 6.04 Å². The van der Waals surface area contributed by atoms with E-state index in [2.05, 4.69) is 31.7 Å². The molecule has 0 heterocycles. The van der Waals surface area contributed by atoms with Crippen LogP contribution in [0.3, 0.4) is 0 Å². The predicted molar refractivity (Wildman–Crippen MR) is 78.3 cm³/mol. The monoisotopic (exact) mass is 253 g/mol. The molecule has 0 bridgehead atoms. The topological polar surface area (TPSA) is 53.0 Å². The molecule has 3 nitrogen and oxygen atoms in total. The summed E-state index contributed by atoms with van der Waals surface area (Å²) in [6, 6.07) is 2.88. The molecule has 3 heteroatoms. The van der Waals surface area contributed by atoms with E-state index in [9.17, 15) is 0 Å². The second-order valence-electron chi connectivity index (χ2n) is 5.37. The molecule has 0 spiro atoms. The van der Waals surface area contributed by atoms with Crippen molar-refractivity contribution >= 4 is 0 Å².